The van der Waals surface area contributed by atoms with Gasteiger partial charge in [-0.2, -0.15) is 0 Å². The summed E-state index contributed by atoms with van der Waals surface area (Å²) in [5.41, 5.74) is 1.05. The summed E-state index contributed by atoms with van der Waals surface area (Å²) in [4.78, 5) is 13.3. The number of ether oxygens (including phenoxy) is 2. The molecule has 3 aromatic rings. The van der Waals surface area contributed by atoms with Gasteiger partial charge in [0.05, 0.1) is 13.5 Å². The van der Waals surface area contributed by atoms with Crippen molar-refractivity contribution >= 4 is 23.7 Å². The van der Waals surface area contributed by atoms with Gasteiger partial charge in [-0.15, -0.1) is 16.9 Å². The lowest BCUT2D eigenvalue weighted by molar-refractivity contribution is -0.118. The lowest BCUT2D eigenvalue weighted by Crippen LogP contribution is -2.20. The molecule has 0 aliphatic rings. The van der Waals surface area contributed by atoms with E-state index in [2.05, 4.69) is 41.5 Å². The zero-order valence-corrected chi connectivity index (χ0v) is 17.4. The largest absolute Gasteiger partial charge is 0.493 e. The van der Waals surface area contributed by atoms with Gasteiger partial charge >= 0.3 is 6.01 Å². The van der Waals surface area contributed by atoms with Crippen molar-refractivity contribution < 1.29 is 18.7 Å². The van der Waals surface area contributed by atoms with E-state index in [9.17, 15) is 4.79 Å². The summed E-state index contributed by atoms with van der Waals surface area (Å²) in [6.45, 7) is 4.12. The van der Waals surface area contributed by atoms with Crippen molar-refractivity contribution in [1.29, 1.82) is 0 Å². The molecular weight excluding hydrogens is 390 g/mol. The fourth-order valence-corrected chi connectivity index (χ4v) is 3.38. The van der Waals surface area contributed by atoms with Crippen molar-refractivity contribution in [2.24, 2.45) is 0 Å². The summed E-state index contributed by atoms with van der Waals surface area (Å²) in [5, 5.41) is 10.9. The smallest absolute Gasteiger partial charge is 0.322 e. The molecule has 8 heteroatoms. The molecule has 29 heavy (non-hydrogen) atoms. The van der Waals surface area contributed by atoms with Gasteiger partial charge in [-0.1, -0.05) is 43.2 Å². The molecule has 2 aromatic carbocycles. The number of aromatic nitrogens is 2. The monoisotopic (exact) mass is 413 g/mol. The number of methoxy groups -OCH3 is 1. The van der Waals surface area contributed by atoms with Gasteiger partial charge in [-0.3, -0.25) is 10.1 Å². The van der Waals surface area contributed by atoms with Gasteiger partial charge in [0, 0.05) is 10.1 Å². The molecule has 3 rings (SSSR count). The number of hydrogen-bond donors (Lipinski definition) is 1. The predicted octanol–water partition coefficient (Wildman–Crippen LogP) is 4.19. The van der Waals surface area contributed by atoms with Gasteiger partial charge in [0.25, 0.3) is 5.91 Å². The molecule has 0 aliphatic heterocycles. The predicted molar refractivity (Wildman–Crippen MR) is 112 cm³/mol. The number of nitrogens with zero attached hydrogens (tertiary/aromatic N) is 2. The normalized spacial score (nSPS) is 10.8. The number of thioether (sulfide) groups is 1. The van der Waals surface area contributed by atoms with Gasteiger partial charge < -0.3 is 13.9 Å². The van der Waals surface area contributed by atoms with Crippen LogP contribution in [0.2, 0.25) is 0 Å². The third-order valence-electron chi connectivity index (χ3n) is 3.79. The van der Waals surface area contributed by atoms with Gasteiger partial charge in [0.2, 0.25) is 5.89 Å². The zero-order chi connectivity index (χ0) is 20.6. The van der Waals surface area contributed by atoms with Crippen LogP contribution < -0.4 is 14.8 Å². The Morgan fingerprint density at radius 1 is 1.10 bits per heavy atom. The van der Waals surface area contributed by atoms with Crippen LogP contribution in [-0.4, -0.2) is 35.1 Å². The Bertz CT molecular complexity index is 941. The van der Waals surface area contributed by atoms with Crippen LogP contribution in [0.25, 0.3) is 0 Å². The second kappa shape index (κ2) is 9.97. The van der Waals surface area contributed by atoms with Crippen molar-refractivity contribution in [1.82, 2.24) is 10.2 Å². The van der Waals surface area contributed by atoms with E-state index >= 15 is 0 Å². The third-order valence-corrected chi connectivity index (χ3v) is 4.81. The molecule has 0 aliphatic carbocycles. The van der Waals surface area contributed by atoms with Crippen LogP contribution in [0.1, 0.15) is 25.3 Å². The fourth-order valence-electron chi connectivity index (χ4n) is 2.54. The zero-order valence-electron chi connectivity index (χ0n) is 16.5. The molecule has 0 radical (unpaired) electrons. The minimum Gasteiger partial charge on any atom is -0.493 e. The van der Waals surface area contributed by atoms with Crippen molar-refractivity contribution in [3.63, 3.8) is 0 Å². The summed E-state index contributed by atoms with van der Waals surface area (Å²) < 4.78 is 16.2. The highest BCUT2D eigenvalue weighted by molar-refractivity contribution is 7.99. The third kappa shape index (κ3) is 6.25. The van der Waals surface area contributed by atoms with Gasteiger partial charge in [0.1, 0.15) is 0 Å². The van der Waals surface area contributed by atoms with Crippen molar-refractivity contribution in [3.8, 4) is 11.5 Å². The fraction of sp³-hybridized carbons (Fsp3) is 0.286. The summed E-state index contributed by atoms with van der Waals surface area (Å²) >= 11 is 1.81. The van der Waals surface area contributed by atoms with Gasteiger partial charge in [0.15, 0.2) is 18.1 Å². The molecule has 0 saturated carbocycles. The molecule has 0 saturated heterocycles. The van der Waals surface area contributed by atoms with E-state index in [1.54, 1.807) is 25.3 Å². The first-order valence-electron chi connectivity index (χ1n) is 9.17. The molecule has 0 spiro atoms. The van der Waals surface area contributed by atoms with Crippen LogP contribution in [0.5, 0.6) is 11.5 Å². The van der Waals surface area contributed by atoms with Crippen molar-refractivity contribution in [2.75, 3.05) is 19.0 Å². The number of amides is 1. The minimum atomic E-state index is -0.402. The van der Waals surface area contributed by atoms with E-state index in [0.29, 0.717) is 29.1 Å². The Hall–Kier alpha value is -3.00. The Kier molecular flexibility index (Phi) is 7.13. The maximum atomic E-state index is 12.1. The quantitative estimate of drug-likeness (QED) is 0.526. The second-order valence-electron chi connectivity index (χ2n) is 6.48. The van der Waals surface area contributed by atoms with E-state index in [-0.39, 0.29) is 12.6 Å². The maximum Gasteiger partial charge on any atom is 0.322 e. The summed E-state index contributed by atoms with van der Waals surface area (Å²) in [5.74, 6) is 1.06. The Morgan fingerprint density at radius 3 is 2.52 bits per heavy atom. The lowest BCUT2D eigenvalue weighted by Gasteiger charge is -2.09. The van der Waals surface area contributed by atoms with E-state index < -0.39 is 5.91 Å². The number of hydrogen-bond acceptors (Lipinski definition) is 7. The number of rotatable bonds is 9. The van der Waals surface area contributed by atoms with E-state index in [4.69, 9.17) is 13.9 Å². The summed E-state index contributed by atoms with van der Waals surface area (Å²) in [7, 11) is 1.54. The number of para-hydroxylation sites is 2. The molecule has 0 atom stereocenters. The highest BCUT2D eigenvalue weighted by atomic mass is 32.2. The first-order chi connectivity index (χ1) is 14.0. The molecule has 1 amide bonds. The highest BCUT2D eigenvalue weighted by Crippen LogP contribution is 2.26. The second-order valence-corrected chi connectivity index (χ2v) is 8.13. The van der Waals surface area contributed by atoms with Crippen LogP contribution in [-0.2, 0) is 11.2 Å². The first kappa shape index (κ1) is 20.7. The molecule has 7 nitrogen and oxygen atoms in total. The number of benzene rings is 2. The number of nitrogens with one attached hydrogen (secondary N) is 1. The average Bonchev–Trinajstić information content (AvgIpc) is 3.14. The van der Waals surface area contributed by atoms with Crippen LogP contribution in [0.3, 0.4) is 0 Å². The Balaban J connectivity index is 1.51. The Labute approximate surface area is 173 Å². The summed E-state index contributed by atoms with van der Waals surface area (Å²) in [6.07, 6.45) is 0.493. The van der Waals surface area contributed by atoms with Crippen LogP contribution in [0, 0.1) is 0 Å². The number of anilines is 1. The van der Waals surface area contributed by atoms with Crippen LogP contribution in [0.4, 0.5) is 6.01 Å². The van der Waals surface area contributed by atoms with Crippen LogP contribution >= 0.6 is 11.8 Å². The van der Waals surface area contributed by atoms with Crippen molar-refractivity contribution in [3.05, 3.63) is 60.0 Å². The molecule has 1 N–H and O–H groups in total. The van der Waals surface area contributed by atoms with E-state index in [0.717, 1.165) is 5.56 Å². The van der Waals surface area contributed by atoms with E-state index in [1.165, 1.54) is 4.90 Å². The molecule has 152 valence electrons. The SMILES string of the molecule is COc1ccccc1OCC(=O)Nc1nnc(Cc2ccc(SC(C)C)cc2)o1. The Morgan fingerprint density at radius 2 is 1.83 bits per heavy atom. The van der Waals surface area contributed by atoms with Crippen LogP contribution in [0.15, 0.2) is 57.8 Å². The van der Waals surface area contributed by atoms with Gasteiger partial charge in [-0.25, -0.2) is 0 Å². The maximum absolute atomic E-state index is 12.1. The molecule has 0 bridgehead atoms. The minimum absolute atomic E-state index is 0.0422. The number of carbonyl (C=O) groups is 1. The van der Waals surface area contributed by atoms with Crippen molar-refractivity contribution in [2.45, 2.75) is 30.4 Å². The first-order valence-corrected chi connectivity index (χ1v) is 10.0. The average molecular weight is 413 g/mol. The number of carbonyl (C=O) groups excluding carboxylic acids is 1. The van der Waals surface area contributed by atoms with E-state index in [1.807, 2.05) is 30.0 Å². The standard InChI is InChI=1S/C21H23N3O4S/c1-14(2)29-16-10-8-15(9-11-16)12-20-23-24-21(28-20)22-19(25)13-27-18-7-5-4-6-17(18)26-3/h4-11,14H,12-13H2,1-3H3,(H,22,24,25). The molecule has 0 fully saturated rings. The molecule has 1 heterocycles. The topological polar surface area (TPSA) is 86.5 Å². The van der Waals surface area contributed by atoms with Gasteiger partial charge in [-0.05, 0) is 29.8 Å². The lowest BCUT2D eigenvalue weighted by atomic mass is 10.1. The molecule has 0 unspecified atom stereocenters. The molecular formula is C21H23N3O4S. The highest BCUT2D eigenvalue weighted by Gasteiger charge is 2.12. The summed E-state index contributed by atoms with van der Waals surface area (Å²) in [6, 6.07) is 15.4. The molecule has 1 aromatic heterocycles.